The standard InChI is InChI=1S/C20H19N3O/c1-15(23-20(24)13-19-14-21-11-12-22-19)16-7-9-18(10-8-16)17-5-3-2-4-6-17/h2-12,14-15H,13H2,1H3,(H,23,24). The van der Waals surface area contributed by atoms with Crippen molar-refractivity contribution in [3.05, 3.63) is 84.4 Å². The lowest BCUT2D eigenvalue weighted by atomic mass is 10.0. The molecule has 1 aromatic heterocycles. The molecule has 1 N–H and O–H groups in total. The van der Waals surface area contributed by atoms with Gasteiger partial charge in [0.15, 0.2) is 0 Å². The van der Waals surface area contributed by atoms with Crippen LogP contribution in [-0.2, 0) is 11.2 Å². The average Bonchev–Trinajstić information content (AvgIpc) is 2.63. The lowest BCUT2D eigenvalue weighted by Gasteiger charge is -2.15. The molecule has 0 spiro atoms. The van der Waals surface area contributed by atoms with E-state index in [0.717, 1.165) is 11.1 Å². The molecule has 0 aliphatic carbocycles. The Morgan fingerprint density at radius 1 is 1.00 bits per heavy atom. The summed E-state index contributed by atoms with van der Waals surface area (Å²) in [5, 5.41) is 3.00. The van der Waals surface area contributed by atoms with Gasteiger partial charge in [0.2, 0.25) is 5.91 Å². The second-order valence-electron chi connectivity index (χ2n) is 5.65. The monoisotopic (exact) mass is 317 g/mol. The fourth-order valence-corrected chi connectivity index (χ4v) is 2.56. The van der Waals surface area contributed by atoms with Crippen LogP contribution in [0.1, 0.15) is 24.2 Å². The minimum Gasteiger partial charge on any atom is -0.349 e. The van der Waals surface area contributed by atoms with E-state index in [2.05, 4.69) is 51.7 Å². The molecule has 1 heterocycles. The van der Waals surface area contributed by atoms with Gasteiger partial charge < -0.3 is 5.32 Å². The number of aromatic nitrogens is 2. The van der Waals surface area contributed by atoms with Crippen LogP contribution in [0.2, 0.25) is 0 Å². The minimum atomic E-state index is -0.0601. The van der Waals surface area contributed by atoms with E-state index in [1.165, 1.54) is 5.56 Å². The number of amides is 1. The van der Waals surface area contributed by atoms with Crippen LogP contribution in [0.3, 0.4) is 0 Å². The van der Waals surface area contributed by atoms with Crippen molar-refractivity contribution in [1.29, 1.82) is 0 Å². The topological polar surface area (TPSA) is 54.9 Å². The summed E-state index contributed by atoms with van der Waals surface area (Å²) in [5.41, 5.74) is 4.09. The average molecular weight is 317 g/mol. The van der Waals surface area contributed by atoms with Crippen LogP contribution < -0.4 is 5.32 Å². The predicted octanol–water partition coefficient (Wildman–Crippen LogP) is 3.56. The van der Waals surface area contributed by atoms with Crippen LogP contribution >= 0.6 is 0 Å². The van der Waals surface area contributed by atoms with E-state index in [1.807, 2.05) is 25.1 Å². The van der Waals surface area contributed by atoms with Crippen molar-refractivity contribution < 1.29 is 4.79 Å². The maximum atomic E-state index is 12.1. The fourth-order valence-electron chi connectivity index (χ4n) is 2.56. The van der Waals surface area contributed by atoms with Crippen LogP contribution in [0.25, 0.3) is 11.1 Å². The largest absolute Gasteiger partial charge is 0.349 e. The molecule has 0 bridgehead atoms. The summed E-state index contributed by atoms with van der Waals surface area (Å²) in [5.74, 6) is -0.0601. The van der Waals surface area contributed by atoms with Crippen molar-refractivity contribution in [2.24, 2.45) is 0 Å². The Hall–Kier alpha value is -3.01. The van der Waals surface area contributed by atoms with Crippen LogP contribution in [-0.4, -0.2) is 15.9 Å². The normalized spacial score (nSPS) is 11.7. The van der Waals surface area contributed by atoms with E-state index in [4.69, 9.17) is 0 Å². The van der Waals surface area contributed by atoms with E-state index >= 15 is 0 Å². The highest BCUT2D eigenvalue weighted by Crippen LogP contribution is 2.21. The van der Waals surface area contributed by atoms with Crippen LogP contribution in [0.15, 0.2) is 73.2 Å². The van der Waals surface area contributed by atoms with Gasteiger partial charge in [-0.15, -0.1) is 0 Å². The molecule has 1 unspecified atom stereocenters. The highest BCUT2D eigenvalue weighted by Gasteiger charge is 2.11. The number of nitrogens with one attached hydrogen (secondary N) is 1. The van der Waals surface area contributed by atoms with Crippen molar-refractivity contribution in [2.45, 2.75) is 19.4 Å². The summed E-state index contributed by atoms with van der Waals surface area (Å²) in [4.78, 5) is 20.2. The van der Waals surface area contributed by atoms with Crippen molar-refractivity contribution in [2.75, 3.05) is 0 Å². The highest BCUT2D eigenvalue weighted by molar-refractivity contribution is 5.78. The zero-order chi connectivity index (χ0) is 16.8. The Kier molecular flexibility index (Phi) is 4.96. The van der Waals surface area contributed by atoms with Gasteiger partial charge in [-0.2, -0.15) is 0 Å². The van der Waals surface area contributed by atoms with E-state index < -0.39 is 0 Å². The van der Waals surface area contributed by atoms with Gasteiger partial charge in [0.25, 0.3) is 0 Å². The Morgan fingerprint density at radius 2 is 1.71 bits per heavy atom. The molecule has 3 aromatic rings. The zero-order valence-corrected chi connectivity index (χ0v) is 13.5. The molecule has 0 aliphatic rings. The molecule has 24 heavy (non-hydrogen) atoms. The summed E-state index contributed by atoms with van der Waals surface area (Å²) < 4.78 is 0. The molecule has 0 aliphatic heterocycles. The number of hydrogen-bond donors (Lipinski definition) is 1. The van der Waals surface area contributed by atoms with Crippen molar-refractivity contribution in [3.8, 4) is 11.1 Å². The number of benzene rings is 2. The quantitative estimate of drug-likeness (QED) is 0.783. The molecular formula is C20H19N3O. The molecule has 0 radical (unpaired) electrons. The third-order valence-corrected chi connectivity index (χ3v) is 3.85. The molecular weight excluding hydrogens is 298 g/mol. The predicted molar refractivity (Wildman–Crippen MR) is 94.2 cm³/mol. The Morgan fingerprint density at radius 3 is 2.38 bits per heavy atom. The van der Waals surface area contributed by atoms with Crippen molar-refractivity contribution in [1.82, 2.24) is 15.3 Å². The molecule has 2 aromatic carbocycles. The number of rotatable bonds is 5. The lowest BCUT2D eigenvalue weighted by molar-refractivity contribution is -0.121. The van der Waals surface area contributed by atoms with Crippen molar-refractivity contribution in [3.63, 3.8) is 0 Å². The van der Waals surface area contributed by atoms with Gasteiger partial charge in [-0.25, -0.2) is 0 Å². The molecule has 1 amide bonds. The molecule has 1 atom stereocenters. The fraction of sp³-hybridized carbons (Fsp3) is 0.150. The second-order valence-corrected chi connectivity index (χ2v) is 5.65. The first kappa shape index (κ1) is 15.9. The maximum absolute atomic E-state index is 12.1. The maximum Gasteiger partial charge on any atom is 0.226 e. The molecule has 4 heteroatoms. The van der Waals surface area contributed by atoms with E-state index in [1.54, 1.807) is 18.6 Å². The summed E-state index contributed by atoms with van der Waals surface area (Å²) in [7, 11) is 0. The SMILES string of the molecule is CC(NC(=O)Cc1cnccn1)c1ccc(-c2ccccc2)cc1. The molecule has 0 saturated heterocycles. The van der Waals surface area contributed by atoms with Crippen LogP contribution in [0.5, 0.6) is 0 Å². The Bertz CT molecular complexity index is 786. The molecule has 3 rings (SSSR count). The summed E-state index contributed by atoms with van der Waals surface area (Å²) in [6.07, 6.45) is 5.03. The number of carbonyl (C=O) groups excluding carboxylic acids is 1. The van der Waals surface area contributed by atoms with Crippen molar-refractivity contribution >= 4 is 5.91 Å². The van der Waals surface area contributed by atoms with Gasteiger partial charge in [0.05, 0.1) is 18.2 Å². The van der Waals surface area contributed by atoms with Gasteiger partial charge >= 0.3 is 0 Å². The van der Waals surface area contributed by atoms with E-state index in [-0.39, 0.29) is 18.4 Å². The number of carbonyl (C=O) groups is 1. The highest BCUT2D eigenvalue weighted by atomic mass is 16.1. The minimum absolute atomic E-state index is 0.0565. The lowest BCUT2D eigenvalue weighted by Crippen LogP contribution is -2.28. The first-order valence-electron chi connectivity index (χ1n) is 7.92. The van der Waals surface area contributed by atoms with E-state index in [0.29, 0.717) is 5.69 Å². The Balaban J connectivity index is 1.63. The smallest absolute Gasteiger partial charge is 0.226 e. The van der Waals surface area contributed by atoms with Gasteiger partial charge in [-0.1, -0.05) is 54.6 Å². The third-order valence-electron chi connectivity index (χ3n) is 3.85. The summed E-state index contributed by atoms with van der Waals surface area (Å²) in [6.45, 7) is 1.98. The second kappa shape index (κ2) is 7.51. The number of hydrogen-bond acceptors (Lipinski definition) is 3. The van der Waals surface area contributed by atoms with E-state index in [9.17, 15) is 4.79 Å². The summed E-state index contributed by atoms with van der Waals surface area (Å²) in [6, 6.07) is 18.4. The van der Waals surface area contributed by atoms with Crippen LogP contribution in [0.4, 0.5) is 0 Å². The first-order chi connectivity index (χ1) is 11.7. The van der Waals surface area contributed by atoms with Gasteiger partial charge in [-0.05, 0) is 23.6 Å². The zero-order valence-electron chi connectivity index (χ0n) is 13.5. The third kappa shape index (κ3) is 4.04. The van der Waals surface area contributed by atoms with Gasteiger partial charge in [-0.3, -0.25) is 14.8 Å². The molecule has 0 fully saturated rings. The number of nitrogens with zero attached hydrogens (tertiary/aromatic N) is 2. The molecule has 120 valence electrons. The molecule has 0 saturated carbocycles. The van der Waals surface area contributed by atoms with Gasteiger partial charge in [0.1, 0.15) is 0 Å². The Labute approximate surface area is 141 Å². The summed E-state index contributed by atoms with van der Waals surface area (Å²) >= 11 is 0. The molecule has 4 nitrogen and oxygen atoms in total. The van der Waals surface area contributed by atoms with Crippen LogP contribution in [0, 0.1) is 0 Å². The first-order valence-corrected chi connectivity index (χ1v) is 7.92. The van der Waals surface area contributed by atoms with Gasteiger partial charge in [0, 0.05) is 18.6 Å².